The van der Waals surface area contributed by atoms with Crippen LogP contribution in [-0.4, -0.2) is 51.7 Å². The summed E-state index contributed by atoms with van der Waals surface area (Å²) in [4.78, 5) is 44.0. The highest BCUT2D eigenvalue weighted by Crippen LogP contribution is 2.19. The van der Waals surface area contributed by atoms with Gasteiger partial charge in [0.1, 0.15) is 23.8 Å². The Bertz CT molecular complexity index is 1090. The molecule has 0 fully saturated rings. The lowest BCUT2D eigenvalue weighted by Crippen LogP contribution is -2.35. The van der Waals surface area contributed by atoms with Crippen molar-refractivity contribution in [2.45, 2.75) is 6.92 Å². The predicted molar refractivity (Wildman–Crippen MR) is 94.9 cm³/mol. The van der Waals surface area contributed by atoms with Crippen LogP contribution in [0, 0.1) is 12.8 Å². The average Bonchev–Trinajstić information content (AvgIpc) is 3.18. The Morgan fingerprint density at radius 1 is 1.26 bits per heavy atom. The number of hydrogen-bond donors (Lipinski definition) is 1. The molecule has 0 saturated heterocycles. The van der Waals surface area contributed by atoms with Crippen LogP contribution in [0.5, 0.6) is 0 Å². The number of carbonyl (C=O) groups excluding carboxylic acids is 2. The standard InChI is InChI=1S/C16H13N7O4/c1-8-5-11(18-14(25)9-3-4-12(24)27-7-9)23(21-8)16-19-13-10(15(26)20-16)6-17-22(13)2/h3-7,10H,1-2H3,(H,18,25). The Morgan fingerprint density at radius 2 is 2.07 bits per heavy atom. The summed E-state index contributed by atoms with van der Waals surface area (Å²) in [6.45, 7) is 1.72. The summed E-state index contributed by atoms with van der Waals surface area (Å²) in [5.74, 6) is -0.833. The molecule has 2 aromatic rings. The Kier molecular flexibility index (Phi) is 3.76. The Hall–Kier alpha value is -3.89. The van der Waals surface area contributed by atoms with E-state index in [0.717, 1.165) is 12.3 Å². The number of aryl methyl sites for hydroxylation is 1. The predicted octanol–water partition coefficient (Wildman–Crippen LogP) is 0.0872. The molecule has 2 aliphatic rings. The molecule has 0 radical (unpaired) electrons. The molecule has 4 rings (SSSR count). The number of fused-ring (bicyclic) bond motifs is 1. The first kappa shape index (κ1) is 16.6. The van der Waals surface area contributed by atoms with Crippen molar-refractivity contribution in [1.29, 1.82) is 0 Å². The SMILES string of the molecule is Cc1cc(NC(=O)c2ccc(=O)oc2)n(C2=NC(=O)C3C=NN(C)C3=N2)n1. The van der Waals surface area contributed by atoms with Gasteiger partial charge in [0.25, 0.3) is 17.8 Å². The molecule has 2 aromatic heterocycles. The van der Waals surface area contributed by atoms with Crippen molar-refractivity contribution >= 4 is 35.6 Å². The number of nitrogens with zero attached hydrogens (tertiary/aromatic N) is 6. The Labute approximate surface area is 151 Å². The molecule has 27 heavy (non-hydrogen) atoms. The maximum absolute atomic E-state index is 12.4. The lowest BCUT2D eigenvalue weighted by Gasteiger charge is -2.17. The van der Waals surface area contributed by atoms with Gasteiger partial charge >= 0.3 is 5.63 Å². The monoisotopic (exact) mass is 367 g/mol. The molecular weight excluding hydrogens is 354 g/mol. The highest BCUT2D eigenvalue weighted by Gasteiger charge is 2.35. The van der Waals surface area contributed by atoms with Gasteiger partial charge in [-0.15, -0.1) is 0 Å². The Morgan fingerprint density at radius 3 is 2.81 bits per heavy atom. The molecule has 2 aliphatic heterocycles. The van der Waals surface area contributed by atoms with Crippen LogP contribution in [-0.2, 0) is 4.79 Å². The zero-order valence-electron chi connectivity index (χ0n) is 14.3. The molecule has 0 aromatic carbocycles. The van der Waals surface area contributed by atoms with Crippen molar-refractivity contribution in [2.24, 2.45) is 21.0 Å². The molecule has 1 atom stereocenters. The van der Waals surface area contributed by atoms with E-state index in [0.29, 0.717) is 11.5 Å². The zero-order valence-corrected chi connectivity index (χ0v) is 14.3. The first-order chi connectivity index (χ1) is 12.9. The van der Waals surface area contributed by atoms with E-state index >= 15 is 0 Å². The smallest absolute Gasteiger partial charge is 0.335 e. The van der Waals surface area contributed by atoms with Crippen LogP contribution >= 0.6 is 0 Å². The number of hydrogen-bond acceptors (Lipinski definition) is 8. The minimum Gasteiger partial charge on any atom is -0.430 e. The summed E-state index contributed by atoms with van der Waals surface area (Å²) < 4.78 is 5.96. The molecule has 11 heteroatoms. The van der Waals surface area contributed by atoms with Gasteiger partial charge in [-0.05, 0) is 13.0 Å². The van der Waals surface area contributed by atoms with Gasteiger partial charge in [0.05, 0.1) is 11.3 Å². The maximum Gasteiger partial charge on any atom is 0.335 e. The quantitative estimate of drug-likeness (QED) is 0.799. The van der Waals surface area contributed by atoms with Crippen molar-refractivity contribution < 1.29 is 14.0 Å². The molecule has 11 nitrogen and oxygen atoms in total. The topological polar surface area (TPSA) is 135 Å². The van der Waals surface area contributed by atoms with Gasteiger partial charge in [-0.1, -0.05) is 0 Å². The number of carbonyl (C=O) groups is 2. The lowest BCUT2D eigenvalue weighted by molar-refractivity contribution is -0.118. The lowest BCUT2D eigenvalue weighted by atomic mass is 10.1. The minimum atomic E-state index is -0.610. The summed E-state index contributed by atoms with van der Waals surface area (Å²) in [7, 11) is 1.67. The molecule has 2 amide bonds. The number of hydrazone groups is 1. The van der Waals surface area contributed by atoms with E-state index in [-0.39, 0.29) is 17.3 Å². The van der Waals surface area contributed by atoms with Crippen LogP contribution in [0.1, 0.15) is 16.1 Å². The highest BCUT2D eigenvalue weighted by molar-refractivity contribution is 6.24. The molecule has 136 valence electrons. The second kappa shape index (κ2) is 6.12. The summed E-state index contributed by atoms with van der Waals surface area (Å²) in [6.07, 6.45) is 2.53. The van der Waals surface area contributed by atoms with Crippen molar-refractivity contribution in [3.8, 4) is 0 Å². The first-order valence-electron chi connectivity index (χ1n) is 7.88. The number of amides is 2. The Balaban J connectivity index is 1.67. The van der Waals surface area contributed by atoms with E-state index in [2.05, 4.69) is 25.5 Å². The summed E-state index contributed by atoms with van der Waals surface area (Å²) >= 11 is 0. The van der Waals surface area contributed by atoms with Gasteiger partial charge < -0.3 is 9.73 Å². The second-order valence-corrected chi connectivity index (χ2v) is 5.87. The van der Waals surface area contributed by atoms with Crippen LogP contribution < -0.4 is 10.9 Å². The normalized spacial score (nSPS) is 18.2. The van der Waals surface area contributed by atoms with Crippen LogP contribution in [0.4, 0.5) is 5.82 Å². The fraction of sp³-hybridized carbons (Fsp3) is 0.188. The van der Waals surface area contributed by atoms with Gasteiger partial charge in [0.2, 0.25) is 0 Å². The third-order valence-corrected chi connectivity index (χ3v) is 3.92. The zero-order chi connectivity index (χ0) is 19.1. The van der Waals surface area contributed by atoms with Crippen molar-refractivity contribution in [3.63, 3.8) is 0 Å². The fourth-order valence-corrected chi connectivity index (χ4v) is 2.62. The van der Waals surface area contributed by atoms with E-state index < -0.39 is 23.4 Å². The minimum absolute atomic E-state index is 0.0200. The number of nitrogens with one attached hydrogen (secondary N) is 1. The van der Waals surface area contributed by atoms with E-state index in [4.69, 9.17) is 4.42 Å². The van der Waals surface area contributed by atoms with Gasteiger partial charge in [0.15, 0.2) is 0 Å². The van der Waals surface area contributed by atoms with Gasteiger partial charge in [0, 0.05) is 25.4 Å². The summed E-state index contributed by atoms with van der Waals surface area (Å²) in [5, 5.41) is 12.4. The van der Waals surface area contributed by atoms with Crippen LogP contribution in [0.2, 0.25) is 0 Å². The van der Waals surface area contributed by atoms with Crippen molar-refractivity contribution in [1.82, 2.24) is 14.8 Å². The molecule has 1 unspecified atom stereocenters. The van der Waals surface area contributed by atoms with Crippen LogP contribution in [0.25, 0.3) is 0 Å². The molecule has 0 spiro atoms. The maximum atomic E-state index is 12.4. The van der Waals surface area contributed by atoms with Crippen molar-refractivity contribution in [3.05, 3.63) is 46.1 Å². The number of amidine groups is 1. The molecule has 4 heterocycles. The molecule has 0 saturated carbocycles. The molecular formula is C16H13N7O4. The highest BCUT2D eigenvalue weighted by atomic mass is 16.4. The number of aromatic nitrogens is 2. The molecule has 0 aliphatic carbocycles. The first-order valence-corrected chi connectivity index (χ1v) is 7.88. The third-order valence-electron chi connectivity index (χ3n) is 3.92. The number of anilines is 1. The van der Waals surface area contributed by atoms with E-state index in [1.807, 2.05) is 0 Å². The van der Waals surface area contributed by atoms with Gasteiger partial charge in [-0.25, -0.2) is 4.79 Å². The number of rotatable bonds is 2. The summed E-state index contributed by atoms with van der Waals surface area (Å²) in [5.41, 5.74) is 0.172. The van der Waals surface area contributed by atoms with Crippen molar-refractivity contribution in [2.75, 3.05) is 12.4 Å². The second-order valence-electron chi connectivity index (χ2n) is 5.87. The average molecular weight is 367 g/mol. The number of aliphatic imine (C=N–C) groups is 2. The van der Waals surface area contributed by atoms with Gasteiger partial charge in [-0.2, -0.15) is 24.9 Å². The van der Waals surface area contributed by atoms with E-state index in [1.54, 1.807) is 20.0 Å². The van der Waals surface area contributed by atoms with Crippen LogP contribution in [0.15, 0.2) is 48.8 Å². The molecule has 1 N–H and O–H groups in total. The van der Waals surface area contributed by atoms with E-state index in [1.165, 1.54) is 22.0 Å². The fourth-order valence-electron chi connectivity index (χ4n) is 2.62. The largest absolute Gasteiger partial charge is 0.430 e. The molecule has 0 bridgehead atoms. The van der Waals surface area contributed by atoms with Gasteiger partial charge in [-0.3, -0.25) is 14.6 Å². The van der Waals surface area contributed by atoms with Crippen LogP contribution in [0.3, 0.4) is 0 Å². The summed E-state index contributed by atoms with van der Waals surface area (Å²) in [6, 6.07) is 4.08. The third kappa shape index (κ3) is 2.94. The van der Waals surface area contributed by atoms with E-state index in [9.17, 15) is 14.4 Å².